The molecule has 0 fully saturated rings. The predicted molar refractivity (Wildman–Crippen MR) is 53.4 cm³/mol. The molecule has 0 aromatic heterocycles. The van der Waals surface area contributed by atoms with Crippen LogP contribution in [-0.4, -0.2) is 30.4 Å². The van der Waals surface area contributed by atoms with Crippen molar-refractivity contribution in [3.8, 4) is 0 Å². The second-order valence-electron chi connectivity index (χ2n) is 2.50. The summed E-state index contributed by atoms with van der Waals surface area (Å²) in [6, 6.07) is 0. The molecule has 0 saturated heterocycles. The van der Waals surface area contributed by atoms with Crippen LogP contribution in [0.3, 0.4) is 0 Å². The molecule has 0 aliphatic heterocycles. The maximum atomic E-state index is 2.58. The van der Waals surface area contributed by atoms with E-state index in [4.69, 9.17) is 0 Å². The van der Waals surface area contributed by atoms with Crippen molar-refractivity contribution in [1.29, 1.82) is 0 Å². The van der Waals surface area contributed by atoms with E-state index >= 15 is 0 Å². The molecule has 0 rings (SSSR count). The van der Waals surface area contributed by atoms with E-state index in [1.165, 1.54) is 21.1 Å². The van der Waals surface area contributed by atoms with Crippen molar-refractivity contribution in [3.05, 3.63) is 0 Å². The zero-order valence-electron chi connectivity index (χ0n) is 8.74. The quantitative estimate of drug-likeness (QED) is 0.466. The summed E-state index contributed by atoms with van der Waals surface area (Å²) < 4.78 is 0. The minimum absolute atomic E-state index is 0. The Bertz CT molecular complexity index is 44.8. The molecule has 0 aliphatic rings. The van der Waals surface area contributed by atoms with Crippen LogP contribution in [-0.2, 0) is 0 Å². The third-order valence-corrected chi connectivity index (χ3v) is 5.20. The van der Waals surface area contributed by atoms with Crippen LogP contribution in [0.4, 0.5) is 0 Å². The van der Waals surface area contributed by atoms with Gasteiger partial charge in [0.2, 0.25) is 0 Å². The third-order valence-electron chi connectivity index (χ3n) is 1.73. The first kappa shape index (κ1) is 23.5. The van der Waals surface area contributed by atoms with Crippen molar-refractivity contribution in [2.24, 2.45) is 0 Å². The average molecular weight is 241 g/mol. The van der Waals surface area contributed by atoms with Gasteiger partial charge < -0.3 is 24.8 Å². The summed E-state index contributed by atoms with van der Waals surface area (Å²) in [5.74, 6) is 0. The molecule has 0 atom stereocenters. The summed E-state index contributed by atoms with van der Waals surface area (Å²) in [5, 5.41) is 5.65. The van der Waals surface area contributed by atoms with Crippen LogP contribution in [0, 0.1) is 0 Å². The van der Waals surface area contributed by atoms with E-state index in [0.717, 1.165) is 0 Å². The first-order valence-corrected chi connectivity index (χ1v) is 7.73. The van der Waals surface area contributed by atoms with Gasteiger partial charge in [-0.1, -0.05) is 36.6 Å². The molecule has 4 heteroatoms. The van der Waals surface area contributed by atoms with Crippen molar-refractivity contribution in [3.63, 3.8) is 0 Å². The maximum absolute atomic E-state index is 2.58. The Morgan fingerprint density at radius 3 is 1.00 bits per heavy atom. The monoisotopic (exact) mass is 240 g/mol. The van der Waals surface area contributed by atoms with Crippen molar-refractivity contribution in [1.82, 2.24) is 0 Å². The molecule has 72 valence electrons. The first-order valence-electron chi connectivity index (χ1n) is 4.46. The van der Waals surface area contributed by atoms with Crippen molar-refractivity contribution < 1.29 is 24.8 Å². The minimum atomic E-state index is -0.171. The molecule has 0 aromatic carbocycles. The Balaban J connectivity index is -0.0000000569. The molecule has 0 unspecified atom stereocenters. The zero-order chi connectivity index (χ0) is 8.41. The second-order valence-corrected chi connectivity index (χ2v) is 7.50. The van der Waals surface area contributed by atoms with Gasteiger partial charge in [0.05, 0.1) is 0 Å². The van der Waals surface area contributed by atoms with E-state index in [-0.39, 0.29) is 39.0 Å². The first-order chi connectivity index (χ1) is 4.76. The fraction of sp³-hybridized carbons (Fsp3) is 1.00. The SMILES string of the molecule is C[CH2][Al+2].C[CH2][Al]([CH2]C)[CH2]C.[Cl-].[Cl-]. The van der Waals surface area contributed by atoms with Crippen LogP contribution in [0.2, 0.25) is 21.1 Å². The van der Waals surface area contributed by atoms with E-state index in [1.807, 2.05) is 0 Å². The van der Waals surface area contributed by atoms with Crippen molar-refractivity contribution in [2.45, 2.75) is 48.8 Å². The molecular formula is C8H20Al2Cl2. The normalized spacial score (nSPS) is 6.83. The Morgan fingerprint density at radius 2 is 1.00 bits per heavy atom. The van der Waals surface area contributed by atoms with E-state index in [0.29, 0.717) is 0 Å². The van der Waals surface area contributed by atoms with Crippen LogP contribution >= 0.6 is 0 Å². The molecule has 0 saturated carbocycles. The third kappa shape index (κ3) is 22.6. The molecule has 0 radical (unpaired) electrons. The summed E-state index contributed by atoms with van der Waals surface area (Å²) in [6.45, 7) is 9.06. The smallest absolute Gasteiger partial charge is 0.261 e. The van der Waals surface area contributed by atoms with Crippen molar-refractivity contribution in [2.75, 3.05) is 0 Å². The molecule has 0 spiro atoms. The second kappa shape index (κ2) is 22.9. The molecule has 0 nitrogen and oxygen atoms in total. The van der Waals surface area contributed by atoms with Gasteiger partial charge in [0, 0.05) is 0 Å². The summed E-state index contributed by atoms with van der Waals surface area (Å²) in [5.41, 5.74) is 0. The maximum Gasteiger partial charge on any atom is 0.261 e. The number of halogens is 2. The van der Waals surface area contributed by atoms with E-state index < -0.39 is 0 Å². The fourth-order valence-electron chi connectivity index (χ4n) is 0.866. The van der Waals surface area contributed by atoms with Crippen LogP contribution in [0.1, 0.15) is 27.7 Å². The molecule has 0 amide bonds. The van der Waals surface area contributed by atoms with Crippen LogP contribution < -0.4 is 24.8 Å². The van der Waals surface area contributed by atoms with E-state index in [2.05, 4.69) is 44.0 Å². The molecule has 0 aliphatic carbocycles. The standard InChI is InChI=1S/4C2H5.2Al.2ClH/c4*1-2;;;;/h4*1H2,2H3;;;2*1H/q;;;;;+2;;/p-2. The Hall–Kier alpha value is 1.64. The molecule has 0 bridgehead atoms. The van der Waals surface area contributed by atoms with E-state index in [1.54, 1.807) is 0 Å². The average Bonchev–Trinajstić information content (AvgIpc) is 1.93. The zero-order valence-corrected chi connectivity index (χ0v) is 12.6. The van der Waals surface area contributed by atoms with Crippen LogP contribution in [0.25, 0.3) is 0 Å². The van der Waals surface area contributed by atoms with Crippen LogP contribution in [0.5, 0.6) is 0 Å². The molecule has 0 aromatic rings. The largest absolute Gasteiger partial charge is 1.00 e. The fourth-order valence-corrected chi connectivity index (χ4v) is 2.60. The molecule has 0 N–H and O–H groups in total. The molecule has 12 heavy (non-hydrogen) atoms. The van der Waals surface area contributed by atoms with Gasteiger partial charge >= 0.3 is 28.5 Å². The van der Waals surface area contributed by atoms with Gasteiger partial charge in [-0.05, 0) is 0 Å². The minimum Gasteiger partial charge on any atom is -1.00 e. The predicted octanol–water partition coefficient (Wildman–Crippen LogP) is -2.86. The van der Waals surface area contributed by atoms with Gasteiger partial charge in [-0.15, -0.1) is 0 Å². The molecular weight excluding hydrogens is 221 g/mol. The Labute approximate surface area is 104 Å². The Morgan fingerprint density at radius 1 is 0.833 bits per heavy atom. The van der Waals surface area contributed by atoms with Gasteiger partial charge in [0.1, 0.15) is 0 Å². The summed E-state index contributed by atoms with van der Waals surface area (Å²) >= 11 is 2.41. The van der Waals surface area contributed by atoms with Gasteiger partial charge in [-0.2, -0.15) is 0 Å². The van der Waals surface area contributed by atoms with Gasteiger partial charge in [0.25, 0.3) is 14.1 Å². The van der Waals surface area contributed by atoms with Crippen molar-refractivity contribution >= 4 is 30.4 Å². The van der Waals surface area contributed by atoms with Gasteiger partial charge in [-0.25, -0.2) is 0 Å². The summed E-state index contributed by atoms with van der Waals surface area (Å²) in [6.07, 6.45) is 0. The number of hydrogen-bond donors (Lipinski definition) is 0. The number of rotatable bonds is 3. The van der Waals surface area contributed by atoms with Crippen LogP contribution in [0.15, 0.2) is 0 Å². The summed E-state index contributed by atoms with van der Waals surface area (Å²) in [7, 11) is 0. The topological polar surface area (TPSA) is 0 Å². The number of hydrogen-bond acceptors (Lipinski definition) is 0. The van der Waals surface area contributed by atoms with Gasteiger partial charge in [-0.3, -0.25) is 0 Å². The van der Waals surface area contributed by atoms with Gasteiger partial charge in [0.15, 0.2) is 0 Å². The molecule has 0 heterocycles. The summed E-state index contributed by atoms with van der Waals surface area (Å²) in [4.78, 5) is 0. The Kier molecular flexibility index (Phi) is 44.8. The van der Waals surface area contributed by atoms with E-state index in [9.17, 15) is 0 Å².